The van der Waals surface area contributed by atoms with Gasteiger partial charge in [0.25, 0.3) is 0 Å². The van der Waals surface area contributed by atoms with Crippen molar-refractivity contribution in [1.29, 1.82) is 0 Å². The number of hydrogen-bond acceptors (Lipinski definition) is 5. The van der Waals surface area contributed by atoms with Crippen molar-refractivity contribution < 1.29 is 9.47 Å². The predicted molar refractivity (Wildman–Crippen MR) is 53.5 cm³/mol. The van der Waals surface area contributed by atoms with E-state index in [0.717, 1.165) is 11.3 Å². The Morgan fingerprint density at radius 1 is 1.25 bits per heavy atom. The van der Waals surface area contributed by atoms with Crippen LogP contribution in [0.25, 0.3) is 5.69 Å². The first-order chi connectivity index (χ1) is 7.83. The van der Waals surface area contributed by atoms with Crippen LogP contribution >= 0.6 is 0 Å². The molecule has 0 saturated carbocycles. The van der Waals surface area contributed by atoms with Gasteiger partial charge in [-0.15, -0.1) is 0 Å². The molecular formula is C10H10N4O2. The molecule has 1 saturated heterocycles. The Kier molecular flexibility index (Phi) is 2.16. The van der Waals surface area contributed by atoms with Gasteiger partial charge in [0, 0.05) is 11.8 Å². The summed E-state index contributed by atoms with van der Waals surface area (Å²) >= 11 is 0. The standard InChI is InChI=1S/C10H10N4O2/c1-7-15-10(16-7)8-4-13-14(6-8)9-2-3-11-12-5-9/h2-7,10H,1H3. The molecule has 0 radical (unpaired) electrons. The molecule has 1 aliphatic heterocycles. The normalized spacial score (nSPS) is 24.1. The van der Waals surface area contributed by atoms with Gasteiger partial charge in [-0.1, -0.05) is 0 Å². The minimum atomic E-state index is -0.293. The molecule has 2 aromatic heterocycles. The van der Waals surface area contributed by atoms with E-state index in [1.807, 2.05) is 19.2 Å². The van der Waals surface area contributed by atoms with Crippen molar-refractivity contribution in [3.05, 3.63) is 36.4 Å². The Labute approximate surface area is 91.8 Å². The average molecular weight is 218 g/mol. The zero-order chi connectivity index (χ0) is 11.0. The van der Waals surface area contributed by atoms with Gasteiger partial charge in [0.05, 0.1) is 24.3 Å². The predicted octanol–water partition coefficient (Wildman–Crippen LogP) is 1.05. The van der Waals surface area contributed by atoms with E-state index in [4.69, 9.17) is 9.47 Å². The van der Waals surface area contributed by atoms with Crippen molar-refractivity contribution in [1.82, 2.24) is 20.0 Å². The molecule has 6 heteroatoms. The first-order valence-electron chi connectivity index (χ1n) is 4.95. The smallest absolute Gasteiger partial charge is 0.192 e. The highest BCUT2D eigenvalue weighted by atomic mass is 16.9. The summed E-state index contributed by atoms with van der Waals surface area (Å²) < 4.78 is 12.4. The van der Waals surface area contributed by atoms with Gasteiger partial charge in [-0.2, -0.15) is 15.3 Å². The Morgan fingerprint density at radius 2 is 2.12 bits per heavy atom. The second-order valence-electron chi connectivity index (χ2n) is 3.49. The maximum atomic E-state index is 5.37. The van der Waals surface area contributed by atoms with E-state index in [1.54, 1.807) is 23.3 Å². The second-order valence-corrected chi connectivity index (χ2v) is 3.49. The molecule has 0 spiro atoms. The van der Waals surface area contributed by atoms with Crippen LogP contribution in [0.1, 0.15) is 18.8 Å². The van der Waals surface area contributed by atoms with Gasteiger partial charge in [-0.05, 0) is 13.0 Å². The minimum absolute atomic E-state index is 0.129. The first-order valence-corrected chi connectivity index (χ1v) is 4.95. The van der Waals surface area contributed by atoms with Gasteiger partial charge in [0.1, 0.15) is 0 Å². The molecular weight excluding hydrogens is 208 g/mol. The molecule has 1 fully saturated rings. The van der Waals surface area contributed by atoms with E-state index in [9.17, 15) is 0 Å². The van der Waals surface area contributed by atoms with Gasteiger partial charge >= 0.3 is 0 Å². The van der Waals surface area contributed by atoms with Crippen LogP contribution in [0.15, 0.2) is 30.9 Å². The van der Waals surface area contributed by atoms with Crippen LogP contribution in [0, 0.1) is 0 Å². The molecule has 0 aliphatic carbocycles. The summed E-state index contributed by atoms with van der Waals surface area (Å²) in [4.78, 5) is 0. The highest BCUT2D eigenvalue weighted by Gasteiger charge is 2.29. The number of ether oxygens (including phenoxy) is 2. The third kappa shape index (κ3) is 1.58. The fourth-order valence-electron chi connectivity index (χ4n) is 1.53. The maximum absolute atomic E-state index is 5.37. The van der Waals surface area contributed by atoms with Crippen LogP contribution in [-0.4, -0.2) is 26.3 Å². The summed E-state index contributed by atoms with van der Waals surface area (Å²) in [7, 11) is 0. The average Bonchev–Trinajstić information content (AvgIpc) is 2.75. The molecule has 0 atom stereocenters. The third-order valence-corrected chi connectivity index (χ3v) is 2.34. The fourth-order valence-corrected chi connectivity index (χ4v) is 1.53. The number of hydrogen-bond donors (Lipinski definition) is 0. The molecule has 3 rings (SSSR count). The van der Waals surface area contributed by atoms with E-state index in [0.29, 0.717) is 0 Å². The molecule has 0 N–H and O–H groups in total. The number of rotatable bonds is 2. The summed E-state index contributed by atoms with van der Waals surface area (Å²) in [5.41, 5.74) is 1.75. The largest absolute Gasteiger partial charge is 0.319 e. The van der Waals surface area contributed by atoms with Gasteiger partial charge in [-0.3, -0.25) is 0 Å². The summed E-state index contributed by atoms with van der Waals surface area (Å²) in [6.45, 7) is 1.85. The molecule has 0 bridgehead atoms. The van der Waals surface area contributed by atoms with Crippen LogP contribution in [0.5, 0.6) is 0 Å². The van der Waals surface area contributed by atoms with E-state index in [2.05, 4.69) is 15.3 Å². The topological polar surface area (TPSA) is 62.1 Å². The molecule has 0 amide bonds. The number of nitrogens with zero attached hydrogens (tertiary/aromatic N) is 4. The molecule has 2 aromatic rings. The highest BCUT2D eigenvalue weighted by molar-refractivity contribution is 5.26. The van der Waals surface area contributed by atoms with Crippen molar-refractivity contribution in [2.24, 2.45) is 0 Å². The lowest BCUT2D eigenvalue weighted by atomic mass is 10.3. The molecule has 0 aromatic carbocycles. The van der Waals surface area contributed by atoms with Crippen LogP contribution in [0.3, 0.4) is 0 Å². The summed E-state index contributed by atoms with van der Waals surface area (Å²) in [6.07, 6.45) is 6.41. The first kappa shape index (κ1) is 9.44. The Balaban J connectivity index is 1.83. The molecule has 3 heterocycles. The molecule has 6 nitrogen and oxygen atoms in total. The lowest BCUT2D eigenvalue weighted by molar-refractivity contribution is -0.382. The van der Waals surface area contributed by atoms with E-state index in [1.165, 1.54) is 0 Å². The zero-order valence-electron chi connectivity index (χ0n) is 8.65. The Hall–Kier alpha value is -1.79. The fraction of sp³-hybridized carbons (Fsp3) is 0.300. The lowest BCUT2D eigenvalue weighted by Gasteiger charge is -2.32. The maximum Gasteiger partial charge on any atom is 0.192 e. The number of aromatic nitrogens is 4. The quantitative estimate of drug-likeness (QED) is 0.754. The molecule has 0 unspecified atom stereocenters. The van der Waals surface area contributed by atoms with E-state index in [-0.39, 0.29) is 12.6 Å². The zero-order valence-corrected chi connectivity index (χ0v) is 8.65. The van der Waals surface area contributed by atoms with Crippen LogP contribution in [0.2, 0.25) is 0 Å². The minimum Gasteiger partial charge on any atom is -0.319 e. The van der Waals surface area contributed by atoms with Crippen molar-refractivity contribution in [3.8, 4) is 5.69 Å². The van der Waals surface area contributed by atoms with Crippen molar-refractivity contribution in [2.75, 3.05) is 0 Å². The van der Waals surface area contributed by atoms with Crippen molar-refractivity contribution in [3.63, 3.8) is 0 Å². The second kappa shape index (κ2) is 3.66. The van der Waals surface area contributed by atoms with Crippen LogP contribution < -0.4 is 0 Å². The lowest BCUT2D eigenvalue weighted by Crippen LogP contribution is -2.31. The Bertz CT molecular complexity index is 479. The highest BCUT2D eigenvalue weighted by Crippen LogP contribution is 2.31. The summed E-state index contributed by atoms with van der Waals surface area (Å²) in [6, 6.07) is 1.83. The van der Waals surface area contributed by atoms with Crippen LogP contribution in [0.4, 0.5) is 0 Å². The van der Waals surface area contributed by atoms with Gasteiger partial charge < -0.3 is 9.47 Å². The summed E-state index contributed by atoms with van der Waals surface area (Å²) in [5, 5.41) is 11.7. The molecule has 16 heavy (non-hydrogen) atoms. The van der Waals surface area contributed by atoms with E-state index >= 15 is 0 Å². The molecule has 82 valence electrons. The van der Waals surface area contributed by atoms with Gasteiger partial charge in [0.15, 0.2) is 12.6 Å². The summed E-state index contributed by atoms with van der Waals surface area (Å²) in [5.74, 6) is 0. The van der Waals surface area contributed by atoms with Crippen molar-refractivity contribution >= 4 is 0 Å². The van der Waals surface area contributed by atoms with E-state index < -0.39 is 0 Å². The van der Waals surface area contributed by atoms with Gasteiger partial charge in [-0.25, -0.2) is 4.68 Å². The third-order valence-electron chi connectivity index (χ3n) is 2.34. The van der Waals surface area contributed by atoms with Gasteiger partial charge in [0.2, 0.25) is 0 Å². The SMILES string of the molecule is CC1OC(c2cnn(-c3ccnnc3)c2)O1. The molecule has 1 aliphatic rings. The Morgan fingerprint density at radius 3 is 2.81 bits per heavy atom. The van der Waals surface area contributed by atoms with Crippen molar-refractivity contribution in [2.45, 2.75) is 19.5 Å². The van der Waals surface area contributed by atoms with Crippen LogP contribution in [-0.2, 0) is 9.47 Å². The monoisotopic (exact) mass is 218 g/mol.